The van der Waals surface area contributed by atoms with Crippen LogP contribution in [-0.2, 0) is 9.59 Å². The molecular weight excluding hydrogens is 152 g/mol. The number of hydrogen-bond donors (Lipinski definition) is 0. The standard InChI is InChI=1S/C10H13O2/c1-7(2)5-10(12)9(6-11)8(3)4/h5H,1-4H3. The van der Waals surface area contributed by atoms with Crippen LogP contribution in [0.3, 0.4) is 0 Å². The van der Waals surface area contributed by atoms with Crippen LogP contribution in [0.4, 0.5) is 0 Å². The third-order valence-corrected chi connectivity index (χ3v) is 1.27. The summed E-state index contributed by atoms with van der Waals surface area (Å²) in [6.45, 7) is 7.06. The maximum absolute atomic E-state index is 11.2. The highest BCUT2D eigenvalue weighted by molar-refractivity contribution is 6.17. The van der Waals surface area contributed by atoms with E-state index in [2.05, 4.69) is 0 Å². The van der Waals surface area contributed by atoms with Crippen molar-refractivity contribution in [1.82, 2.24) is 0 Å². The van der Waals surface area contributed by atoms with E-state index in [9.17, 15) is 9.59 Å². The Bertz CT molecular complexity index is 249. The molecule has 65 valence electrons. The van der Waals surface area contributed by atoms with Crippen molar-refractivity contribution >= 4 is 12.1 Å². The Morgan fingerprint density at radius 1 is 1.17 bits per heavy atom. The number of hydrogen-bond acceptors (Lipinski definition) is 2. The highest BCUT2D eigenvalue weighted by Crippen LogP contribution is 2.04. The predicted octanol–water partition coefficient (Wildman–Crippen LogP) is 1.97. The summed E-state index contributed by atoms with van der Waals surface area (Å²) in [4.78, 5) is 21.6. The van der Waals surface area contributed by atoms with Gasteiger partial charge in [-0.2, -0.15) is 0 Å². The zero-order valence-corrected chi connectivity index (χ0v) is 7.89. The van der Waals surface area contributed by atoms with E-state index in [-0.39, 0.29) is 11.4 Å². The summed E-state index contributed by atoms with van der Waals surface area (Å²) >= 11 is 0. The molecule has 0 amide bonds. The van der Waals surface area contributed by atoms with Gasteiger partial charge in [0.05, 0.1) is 5.57 Å². The largest absolute Gasteiger partial charge is 0.289 e. The second-order valence-corrected chi connectivity index (χ2v) is 3.06. The van der Waals surface area contributed by atoms with E-state index >= 15 is 0 Å². The lowest BCUT2D eigenvalue weighted by atomic mass is 10.1. The molecule has 0 heterocycles. The third-order valence-electron chi connectivity index (χ3n) is 1.27. The molecule has 2 nitrogen and oxygen atoms in total. The number of carbonyl (C=O) groups is 1. The van der Waals surface area contributed by atoms with Gasteiger partial charge < -0.3 is 0 Å². The van der Waals surface area contributed by atoms with Gasteiger partial charge in [-0.3, -0.25) is 9.59 Å². The van der Waals surface area contributed by atoms with Crippen molar-refractivity contribution in [2.45, 2.75) is 27.7 Å². The van der Waals surface area contributed by atoms with Crippen molar-refractivity contribution in [2.75, 3.05) is 0 Å². The van der Waals surface area contributed by atoms with Gasteiger partial charge in [0.25, 0.3) is 0 Å². The van der Waals surface area contributed by atoms with Gasteiger partial charge in [0.2, 0.25) is 6.29 Å². The van der Waals surface area contributed by atoms with Crippen LogP contribution >= 0.6 is 0 Å². The van der Waals surface area contributed by atoms with Crippen molar-refractivity contribution in [3.63, 3.8) is 0 Å². The van der Waals surface area contributed by atoms with Gasteiger partial charge in [0.15, 0.2) is 5.78 Å². The molecule has 0 bridgehead atoms. The van der Waals surface area contributed by atoms with E-state index in [1.54, 1.807) is 20.1 Å². The minimum absolute atomic E-state index is 0.135. The average molecular weight is 165 g/mol. The van der Waals surface area contributed by atoms with Crippen molar-refractivity contribution in [2.24, 2.45) is 0 Å². The highest BCUT2D eigenvalue weighted by Gasteiger charge is 2.07. The highest BCUT2D eigenvalue weighted by atomic mass is 16.1. The maximum Gasteiger partial charge on any atom is 0.237 e. The van der Waals surface area contributed by atoms with Gasteiger partial charge in [0.1, 0.15) is 0 Å². The van der Waals surface area contributed by atoms with Crippen molar-refractivity contribution in [3.8, 4) is 0 Å². The summed E-state index contributed by atoms with van der Waals surface area (Å²) < 4.78 is 0. The molecule has 0 aliphatic rings. The van der Waals surface area contributed by atoms with Gasteiger partial charge in [-0.05, 0) is 33.8 Å². The van der Waals surface area contributed by atoms with Gasteiger partial charge in [-0.15, -0.1) is 0 Å². The maximum atomic E-state index is 11.2. The number of carbonyl (C=O) groups excluding carboxylic acids is 2. The number of ketones is 1. The smallest absolute Gasteiger partial charge is 0.237 e. The summed E-state index contributed by atoms with van der Waals surface area (Å²) in [6.07, 6.45) is 3.08. The molecule has 0 aliphatic carbocycles. The van der Waals surface area contributed by atoms with Gasteiger partial charge >= 0.3 is 0 Å². The lowest BCUT2D eigenvalue weighted by Crippen LogP contribution is -2.02. The first-order valence-corrected chi connectivity index (χ1v) is 3.74. The zero-order valence-electron chi connectivity index (χ0n) is 7.89. The predicted molar refractivity (Wildman–Crippen MR) is 48.5 cm³/mol. The van der Waals surface area contributed by atoms with E-state index < -0.39 is 0 Å². The Kier molecular flexibility index (Phi) is 4.19. The molecule has 0 rings (SSSR count). The van der Waals surface area contributed by atoms with Crippen LogP contribution in [0.5, 0.6) is 0 Å². The van der Waals surface area contributed by atoms with Crippen LogP contribution < -0.4 is 0 Å². The fraction of sp³-hybridized carbons (Fsp3) is 0.400. The zero-order chi connectivity index (χ0) is 9.72. The lowest BCUT2D eigenvalue weighted by molar-refractivity contribution is -0.111. The van der Waals surface area contributed by atoms with Crippen LogP contribution in [0.2, 0.25) is 0 Å². The second kappa shape index (κ2) is 4.65. The van der Waals surface area contributed by atoms with Crippen LogP contribution in [0.1, 0.15) is 27.7 Å². The molecule has 2 heteroatoms. The Balaban J connectivity index is 4.81. The first-order valence-electron chi connectivity index (χ1n) is 3.74. The van der Waals surface area contributed by atoms with Crippen molar-refractivity contribution in [1.29, 1.82) is 0 Å². The molecule has 0 aromatic heterocycles. The number of allylic oxidation sites excluding steroid dienone is 4. The topological polar surface area (TPSA) is 34.1 Å². The van der Waals surface area contributed by atoms with Crippen molar-refractivity contribution < 1.29 is 9.59 Å². The van der Waals surface area contributed by atoms with E-state index in [0.29, 0.717) is 5.57 Å². The van der Waals surface area contributed by atoms with E-state index in [0.717, 1.165) is 5.57 Å². The van der Waals surface area contributed by atoms with E-state index in [4.69, 9.17) is 0 Å². The average Bonchev–Trinajstić information content (AvgIpc) is 1.85. The molecule has 0 unspecified atom stereocenters. The van der Waals surface area contributed by atoms with E-state index in [1.807, 2.05) is 13.8 Å². The SMILES string of the molecule is CC(C)=CC(=O)C([C]=O)=C(C)C. The van der Waals surface area contributed by atoms with Gasteiger partial charge in [0, 0.05) is 0 Å². The molecule has 0 saturated heterocycles. The molecule has 0 spiro atoms. The fourth-order valence-electron chi connectivity index (χ4n) is 0.733. The molecular formula is C10H13O2. The summed E-state index contributed by atoms with van der Waals surface area (Å²) in [5, 5.41) is 0. The molecule has 0 atom stereocenters. The first-order chi connectivity index (χ1) is 5.49. The number of rotatable bonds is 3. The van der Waals surface area contributed by atoms with Crippen molar-refractivity contribution in [3.05, 3.63) is 22.8 Å². The summed E-state index contributed by atoms with van der Waals surface area (Å²) in [5.41, 5.74) is 1.72. The lowest BCUT2D eigenvalue weighted by Gasteiger charge is -1.95. The van der Waals surface area contributed by atoms with Crippen LogP contribution in [0.25, 0.3) is 0 Å². The molecule has 12 heavy (non-hydrogen) atoms. The Hall–Kier alpha value is -1.18. The van der Waals surface area contributed by atoms with Gasteiger partial charge in [-0.1, -0.05) is 11.1 Å². The van der Waals surface area contributed by atoms with E-state index in [1.165, 1.54) is 6.08 Å². The Morgan fingerprint density at radius 2 is 1.67 bits per heavy atom. The Labute approximate surface area is 73.0 Å². The first kappa shape index (κ1) is 10.8. The van der Waals surface area contributed by atoms with Gasteiger partial charge in [-0.25, -0.2) is 0 Å². The minimum atomic E-state index is -0.259. The minimum Gasteiger partial charge on any atom is -0.289 e. The molecule has 0 aromatic rings. The van der Waals surface area contributed by atoms with Crippen LogP contribution in [0.15, 0.2) is 22.8 Å². The summed E-state index contributed by atoms with van der Waals surface area (Å²) in [6, 6.07) is 0. The molecule has 1 radical (unpaired) electrons. The normalized spacial score (nSPS) is 8.67. The van der Waals surface area contributed by atoms with Crippen LogP contribution in [-0.4, -0.2) is 12.1 Å². The molecule has 0 saturated carbocycles. The Morgan fingerprint density at radius 3 is 1.92 bits per heavy atom. The fourth-order valence-corrected chi connectivity index (χ4v) is 0.733. The molecule has 0 aromatic carbocycles. The molecule has 0 fully saturated rings. The summed E-state index contributed by atoms with van der Waals surface area (Å²) in [7, 11) is 0. The second-order valence-electron chi connectivity index (χ2n) is 3.06. The van der Waals surface area contributed by atoms with Crippen LogP contribution in [0, 0.1) is 0 Å². The molecule has 0 N–H and O–H groups in total. The monoisotopic (exact) mass is 165 g/mol. The third kappa shape index (κ3) is 3.28. The molecule has 0 aliphatic heterocycles. The quantitative estimate of drug-likeness (QED) is 0.364. The summed E-state index contributed by atoms with van der Waals surface area (Å²) in [5.74, 6) is -0.259.